The molecule has 1 aliphatic rings. The standard InChI is InChI=1S/C17H13ClN4O/c18-14-8-6-12(7-9-14)10-15-16(23)21-17(20-15)22-19-11-13-4-2-1-3-5-13/h1-11H,(H2,20,21,22,23)/b15-10-,19-11+. The molecule has 0 saturated carbocycles. The number of hydrazone groups is 1. The molecule has 2 N–H and O–H groups in total. The van der Waals surface area contributed by atoms with Crippen LogP contribution in [0.3, 0.4) is 0 Å². The van der Waals surface area contributed by atoms with Crippen LogP contribution in [0.4, 0.5) is 0 Å². The number of benzene rings is 2. The van der Waals surface area contributed by atoms with Gasteiger partial charge in [-0.25, -0.2) is 10.4 Å². The van der Waals surface area contributed by atoms with Crippen molar-refractivity contribution in [1.82, 2.24) is 10.7 Å². The minimum atomic E-state index is -0.280. The summed E-state index contributed by atoms with van der Waals surface area (Å²) in [7, 11) is 0. The van der Waals surface area contributed by atoms with Gasteiger partial charge in [-0.2, -0.15) is 5.10 Å². The van der Waals surface area contributed by atoms with Gasteiger partial charge in [0.1, 0.15) is 5.70 Å². The molecular formula is C17H13ClN4O. The number of guanidine groups is 1. The lowest BCUT2D eigenvalue weighted by Crippen LogP contribution is -2.33. The van der Waals surface area contributed by atoms with Gasteiger partial charge >= 0.3 is 0 Å². The summed E-state index contributed by atoms with van der Waals surface area (Å²) >= 11 is 5.83. The molecule has 0 atom stereocenters. The minimum absolute atomic E-state index is 0.280. The molecule has 3 rings (SSSR count). The molecule has 0 unspecified atom stereocenters. The SMILES string of the molecule is O=C1NC(N/N=C/c2ccccc2)=N/C1=C\c1ccc(Cl)cc1. The maximum Gasteiger partial charge on any atom is 0.276 e. The molecule has 2 aromatic carbocycles. The normalized spacial score (nSPS) is 15.8. The van der Waals surface area contributed by atoms with Crippen molar-refractivity contribution in [3.05, 3.63) is 76.4 Å². The first kappa shape index (κ1) is 15.0. The number of amides is 1. The lowest BCUT2D eigenvalue weighted by molar-refractivity contribution is -0.115. The zero-order valence-electron chi connectivity index (χ0n) is 12.0. The van der Waals surface area contributed by atoms with Gasteiger partial charge in [0.05, 0.1) is 6.21 Å². The average molecular weight is 325 g/mol. The summed E-state index contributed by atoms with van der Waals surface area (Å²) in [6.45, 7) is 0. The van der Waals surface area contributed by atoms with E-state index in [0.29, 0.717) is 16.7 Å². The van der Waals surface area contributed by atoms with E-state index in [1.807, 2.05) is 42.5 Å². The van der Waals surface area contributed by atoms with Crippen LogP contribution in [0, 0.1) is 0 Å². The molecule has 0 aliphatic carbocycles. The number of halogens is 1. The molecule has 114 valence electrons. The second-order valence-electron chi connectivity index (χ2n) is 4.78. The number of hydrogen-bond donors (Lipinski definition) is 2. The molecule has 2 aromatic rings. The Bertz CT molecular complexity index is 795. The van der Waals surface area contributed by atoms with Gasteiger partial charge < -0.3 is 0 Å². The van der Waals surface area contributed by atoms with E-state index < -0.39 is 0 Å². The largest absolute Gasteiger partial charge is 0.289 e. The smallest absolute Gasteiger partial charge is 0.276 e. The van der Waals surface area contributed by atoms with Crippen LogP contribution in [0.25, 0.3) is 6.08 Å². The Labute approximate surface area is 138 Å². The Kier molecular flexibility index (Phi) is 4.49. The van der Waals surface area contributed by atoms with E-state index in [-0.39, 0.29) is 5.91 Å². The van der Waals surface area contributed by atoms with Crippen molar-refractivity contribution in [1.29, 1.82) is 0 Å². The van der Waals surface area contributed by atoms with Crippen LogP contribution in [0.2, 0.25) is 5.02 Å². The van der Waals surface area contributed by atoms with E-state index >= 15 is 0 Å². The molecule has 1 amide bonds. The minimum Gasteiger partial charge on any atom is -0.289 e. The van der Waals surface area contributed by atoms with Gasteiger partial charge in [0, 0.05) is 5.02 Å². The quantitative estimate of drug-likeness (QED) is 0.518. The summed E-state index contributed by atoms with van der Waals surface area (Å²) in [5.74, 6) is 0.0137. The summed E-state index contributed by atoms with van der Waals surface area (Å²) in [5.41, 5.74) is 4.81. The second-order valence-corrected chi connectivity index (χ2v) is 5.21. The van der Waals surface area contributed by atoms with Crippen molar-refractivity contribution < 1.29 is 4.79 Å². The number of hydrogen-bond acceptors (Lipinski definition) is 4. The number of nitrogens with one attached hydrogen (secondary N) is 2. The highest BCUT2D eigenvalue weighted by Crippen LogP contribution is 2.14. The molecule has 5 nitrogen and oxygen atoms in total. The van der Waals surface area contributed by atoms with E-state index in [1.165, 1.54) is 0 Å². The van der Waals surface area contributed by atoms with E-state index in [2.05, 4.69) is 20.8 Å². The van der Waals surface area contributed by atoms with Gasteiger partial charge in [-0.15, -0.1) is 0 Å². The lowest BCUT2D eigenvalue weighted by atomic mass is 10.2. The molecule has 0 spiro atoms. The summed E-state index contributed by atoms with van der Waals surface area (Å²) in [4.78, 5) is 16.1. The van der Waals surface area contributed by atoms with Gasteiger partial charge in [-0.05, 0) is 29.3 Å². The Morgan fingerprint density at radius 2 is 1.78 bits per heavy atom. The second kappa shape index (κ2) is 6.89. The predicted octanol–water partition coefficient (Wildman–Crippen LogP) is 2.79. The summed E-state index contributed by atoms with van der Waals surface area (Å²) in [5, 5.41) is 7.30. The molecule has 0 bridgehead atoms. The highest BCUT2D eigenvalue weighted by atomic mass is 35.5. The first-order valence-electron chi connectivity index (χ1n) is 6.92. The maximum atomic E-state index is 11.9. The highest BCUT2D eigenvalue weighted by molar-refractivity contribution is 6.30. The Morgan fingerprint density at radius 1 is 1.04 bits per heavy atom. The first-order valence-corrected chi connectivity index (χ1v) is 7.30. The maximum absolute atomic E-state index is 11.9. The molecule has 0 saturated heterocycles. The van der Waals surface area contributed by atoms with E-state index in [9.17, 15) is 4.79 Å². The number of carbonyl (C=O) groups excluding carboxylic acids is 1. The van der Waals surface area contributed by atoms with Crippen LogP contribution < -0.4 is 10.7 Å². The lowest BCUT2D eigenvalue weighted by Gasteiger charge is -1.97. The predicted molar refractivity (Wildman–Crippen MR) is 92.2 cm³/mol. The fourth-order valence-electron chi connectivity index (χ4n) is 1.95. The molecular weight excluding hydrogens is 312 g/mol. The van der Waals surface area contributed by atoms with Crippen LogP contribution in [0.15, 0.2) is 70.4 Å². The van der Waals surface area contributed by atoms with Crippen LogP contribution in [-0.2, 0) is 4.79 Å². The van der Waals surface area contributed by atoms with Gasteiger partial charge in [-0.1, -0.05) is 54.1 Å². The number of carbonyl (C=O) groups is 1. The van der Waals surface area contributed by atoms with Crippen molar-refractivity contribution >= 4 is 35.8 Å². The van der Waals surface area contributed by atoms with Crippen LogP contribution >= 0.6 is 11.6 Å². The monoisotopic (exact) mass is 324 g/mol. The average Bonchev–Trinajstić information content (AvgIpc) is 2.90. The van der Waals surface area contributed by atoms with Gasteiger partial charge in [0.15, 0.2) is 0 Å². The Balaban J connectivity index is 1.69. The summed E-state index contributed by atoms with van der Waals surface area (Å²) in [6, 6.07) is 16.8. The number of rotatable bonds is 3. The van der Waals surface area contributed by atoms with Crippen LogP contribution in [0.5, 0.6) is 0 Å². The third-order valence-corrected chi connectivity index (χ3v) is 3.31. The number of aliphatic imine (C=N–C) groups is 1. The molecule has 0 aromatic heterocycles. The molecule has 0 radical (unpaired) electrons. The van der Waals surface area contributed by atoms with Crippen molar-refractivity contribution in [2.45, 2.75) is 0 Å². The van der Waals surface area contributed by atoms with E-state index in [1.54, 1.807) is 24.4 Å². The van der Waals surface area contributed by atoms with Gasteiger partial charge in [-0.3, -0.25) is 10.1 Å². The Hall–Kier alpha value is -2.92. The zero-order valence-corrected chi connectivity index (χ0v) is 12.8. The summed E-state index contributed by atoms with van der Waals surface area (Å²) < 4.78 is 0. The topological polar surface area (TPSA) is 65.8 Å². The molecule has 1 aliphatic heterocycles. The molecule has 6 heteroatoms. The van der Waals surface area contributed by atoms with Crippen molar-refractivity contribution in [2.24, 2.45) is 10.1 Å². The fraction of sp³-hybridized carbons (Fsp3) is 0. The van der Waals surface area contributed by atoms with Crippen molar-refractivity contribution in [3.63, 3.8) is 0 Å². The first-order chi connectivity index (χ1) is 11.2. The Morgan fingerprint density at radius 3 is 2.52 bits per heavy atom. The highest BCUT2D eigenvalue weighted by Gasteiger charge is 2.19. The van der Waals surface area contributed by atoms with Gasteiger partial charge in [0.25, 0.3) is 5.91 Å². The van der Waals surface area contributed by atoms with Crippen LogP contribution in [-0.4, -0.2) is 18.1 Å². The number of nitrogens with zero attached hydrogens (tertiary/aromatic N) is 2. The van der Waals surface area contributed by atoms with Crippen molar-refractivity contribution in [2.75, 3.05) is 0 Å². The fourth-order valence-corrected chi connectivity index (χ4v) is 2.07. The van der Waals surface area contributed by atoms with E-state index in [4.69, 9.17) is 11.6 Å². The third kappa shape index (κ3) is 4.05. The molecule has 0 fully saturated rings. The van der Waals surface area contributed by atoms with Gasteiger partial charge in [0.2, 0.25) is 5.96 Å². The molecule has 23 heavy (non-hydrogen) atoms. The van der Waals surface area contributed by atoms with Crippen molar-refractivity contribution in [3.8, 4) is 0 Å². The van der Waals surface area contributed by atoms with E-state index in [0.717, 1.165) is 11.1 Å². The molecule has 1 heterocycles. The zero-order chi connectivity index (χ0) is 16.1. The third-order valence-electron chi connectivity index (χ3n) is 3.05. The summed E-state index contributed by atoms with van der Waals surface area (Å²) in [6.07, 6.45) is 3.33. The van der Waals surface area contributed by atoms with Crippen LogP contribution in [0.1, 0.15) is 11.1 Å².